The van der Waals surface area contributed by atoms with Crippen LogP contribution in [0.2, 0.25) is 0 Å². The molecule has 1 spiro atoms. The summed E-state index contributed by atoms with van der Waals surface area (Å²) in [5, 5.41) is 10.7. The van der Waals surface area contributed by atoms with Crippen molar-refractivity contribution in [1.29, 1.82) is 0 Å². The van der Waals surface area contributed by atoms with Crippen LogP contribution in [0.5, 0.6) is 5.75 Å². The molecule has 9 nitrogen and oxygen atoms in total. The van der Waals surface area contributed by atoms with E-state index < -0.39 is 35.6 Å². The van der Waals surface area contributed by atoms with Gasteiger partial charge in [-0.3, -0.25) is 14.4 Å². The Morgan fingerprint density at radius 1 is 1.16 bits per heavy atom. The number of alkyl halides is 1. The standard InChI is InChI=1S/C35H50BrN3O6/c1-7-12-13-20-37(18-8-2)34(43)31-35-21-26(36)30(45-35)28(29(35)33(42)39(31)27(22-40)23(6)10-4)32(41)38(19-9-3)24-14-16-25(17-15-24)44-11-5/h8-9,14-17,23,26-31,40H,2-3,7,10-13,18-22H2,1,4-6H3/t23-,26?,27-,28-,29-,30-,31?,35?/m0/s1. The third-order valence-corrected chi connectivity index (χ3v) is 10.7. The highest BCUT2D eigenvalue weighted by molar-refractivity contribution is 9.09. The first kappa shape index (κ1) is 35.2. The molecule has 3 fully saturated rings. The monoisotopic (exact) mass is 687 g/mol. The van der Waals surface area contributed by atoms with Gasteiger partial charge in [-0.1, -0.05) is 68.1 Å². The molecule has 10 heteroatoms. The van der Waals surface area contributed by atoms with Gasteiger partial charge in [0.05, 0.1) is 37.2 Å². The molecule has 3 heterocycles. The maximum atomic E-state index is 14.7. The topological polar surface area (TPSA) is 99.6 Å². The molecule has 45 heavy (non-hydrogen) atoms. The zero-order valence-electron chi connectivity index (χ0n) is 27.2. The van der Waals surface area contributed by atoms with Gasteiger partial charge in [0.15, 0.2) is 0 Å². The van der Waals surface area contributed by atoms with Crippen molar-refractivity contribution in [3.05, 3.63) is 49.6 Å². The van der Waals surface area contributed by atoms with Crippen LogP contribution >= 0.6 is 15.9 Å². The molecule has 1 N–H and O–H groups in total. The zero-order valence-corrected chi connectivity index (χ0v) is 28.8. The lowest BCUT2D eigenvalue weighted by Gasteiger charge is -2.41. The minimum atomic E-state index is -1.21. The van der Waals surface area contributed by atoms with Crippen LogP contribution in [0.3, 0.4) is 0 Å². The van der Waals surface area contributed by atoms with Crippen molar-refractivity contribution in [3.63, 3.8) is 0 Å². The van der Waals surface area contributed by atoms with E-state index in [-0.39, 0.29) is 41.6 Å². The number of rotatable bonds is 17. The van der Waals surface area contributed by atoms with E-state index in [4.69, 9.17) is 9.47 Å². The first-order valence-corrected chi connectivity index (χ1v) is 17.4. The molecule has 248 valence electrons. The summed E-state index contributed by atoms with van der Waals surface area (Å²) in [6.45, 7) is 17.1. The summed E-state index contributed by atoms with van der Waals surface area (Å²) in [5.74, 6) is -1.85. The van der Waals surface area contributed by atoms with Gasteiger partial charge in [-0.2, -0.15) is 0 Å². The third-order valence-electron chi connectivity index (χ3n) is 9.82. The molecule has 8 atom stereocenters. The number of hydrogen-bond acceptors (Lipinski definition) is 6. The highest BCUT2D eigenvalue weighted by atomic mass is 79.9. The van der Waals surface area contributed by atoms with Crippen LogP contribution in [0.15, 0.2) is 49.6 Å². The van der Waals surface area contributed by atoms with Gasteiger partial charge in [-0.25, -0.2) is 0 Å². The molecule has 4 rings (SSSR count). The fourth-order valence-corrected chi connectivity index (χ4v) is 8.44. The van der Waals surface area contributed by atoms with Gasteiger partial charge in [-0.15, -0.1) is 13.2 Å². The predicted octanol–water partition coefficient (Wildman–Crippen LogP) is 4.96. The lowest BCUT2D eigenvalue weighted by atomic mass is 9.70. The number of aliphatic hydroxyl groups is 1. The summed E-state index contributed by atoms with van der Waals surface area (Å²) in [5.41, 5.74) is -0.556. The number of halogens is 1. The maximum absolute atomic E-state index is 14.7. The first-order chi connectivity index (χ1) is 21.6. The molecule has 0 aromatic heterocycles. The summed E-state index contributed by atoms with van der Waals surface area (Å²) < 4.78 is 12.4. The highest BCUT2D eigenvalue weighted by Gasteiger charge is 2.77. The summed E-state index contributed by atoms with van der Waals surface area (Å²) >= 11 is 3.79. The predicted molar refractivity (Wildman–Crippen MR) is 179 cm³/mol. The Kier molecular flexibility index (Phi) is 11.9. The van der Waals surface area contributed by atoms with Crippen molar-refractivity contribution >= 4 is 39.3 Å². The van der Waals surface area contributed by atoms with Crippen LogP contribution in [0.1, 0.15) is 59.8 Å². The second-order valence-corrected chi connectivity index (χ2v) is 13.7. The van der Waals surface area contributed by atoms with E-state index in [1.165, 1.54) is 0 Å². The van der Waals surface area contributed by atoms with Crippen molar-refractivity contribution in [2.45, 2.75) is 88.4 Å². The molecule has 0 radical (unpaired) electrons. The number of amides is 3. The number of unbranched alkanes of at least 4 members (excludes halogenated alkanes) is 2. The normalized spacial score (nSPS) is 28.0. The van der Waals surface area contributed by atoms with Gasteiger partial charge in [-0.05, 0) is 49.9 Å². The lowest BCUT2D eigenvalue weighted by Crippen LogP contribution is -2.60. The Balaban J connectivity index is 1.80. The van der Waals surface area contributed by atoms with Crippen molar-refractivity contribution in [3.8, 4) is 5.75 Å². The number of anilines is 1. The van der Waals surface area contributed by atoms with Crippen molar-refractivity contribution in [1.82, 2.24) is 9.80 Å². The molecule has 1 aromatic rings. The lowest BCUT2D eigenvalue weighted by molar-refractivity contribution is -0.152. The van der Waals surface area contributed by atoms with Crippen LogP contribution in [0.25, 0.3) is 0 Å². The summed E-state index contributed by atoms with van der Waals surface area (Å²) in [6.07, 6.45) is 6.68. The molecule has 2 bridgehead atoms. The number of benzene rings is 1. The van der Waals surface area contributed by atoms with Crippen molar-refractivity contribution in [2.75, 3.05) is 37.7 Å². The average Bonchev–Trinajstić information content (AvgIpc) is 3.63. The van der Waals surface area contributed by atoms with Crippen LogP contribution in [-0.4, -0.2) is 94.1 Å². The van der Waals surface area contributed by atoms with Crippen LogP contribution in [0.4, 0.5) is 5.69 Å². The van der Waals surface area contributed by atoms with Gasteiger partial charge >= 0.3 is 0 Å². The zero-order chi connectivity index (χ0) is 32.9. The Morgan fingerprint density at radius 3 is 2.42 bits per heavy atom. The smallest absolute Gasteiger partial charge is 0.248 e. The molecule has 0 aliphatic carbocycles. The van der Waals surface area contributed by atoms with Gasteiger partial charge in [0.1, 0.15) is 17.4 Å². The van der Waals surface area contributed by atoms with E-state index in [0.29, 0.717) is 44.0 Å². The van der Waals surface area contributed by atoms with Gasteiger partial charge in [0.25, 0.3) is 0 Å². The summed E-state index contributed by atoms with van der Waals surface area (Å²) in [7, 11) is 0. The number of ether oxygens (including phenoxy) is 2. The van der Waals surface area contributed by atoms with Gasteiger partial charge < -0.3 is 29.3 Å². The SMILES string of the molecule is C=CCN(CCCCC)C(=O)C1N([C@@H](CO)[C@@H](C)CC)C(=O)[C@@H]2[C@H](C(=O)N(CC=C)c3ccc(OCC)cc3)[C@H]3OC12CC3Br. The molecule has 3 aliphatic heterocycles. The number of nitrogens with zero attached hydrogens (tertiary/aromatic N) is 3. The Hall–Kier alpha value is -2.69. The van der Waals surface area contributed by atoms with E-state index in [2.05, 4.69) is 36.0 Å². The Bertz CT molecular complexity index is 1230. The Morgan fingerprint density at radius 2 is 1.84 bits per heavy atom. The number of aliphatic hydroxyl groups excluding tert-OH is 1. The summed E-state index contributed by atoms with van der Waals surface area (Å²) in [4.78, 5) is 48.7. The average molecular weight is 689 g/mol. The molecule has 3 amide bonds. The third kappa shape index (κ3) is 6.47. The van der Waals surface area contributed by atoms with Gasteiger partial charge in [0.2, 0.25) is 17.7 Å². The first-order valence-electron chi connectivity index (χ1n) is 16.4. The molecule has 0 saturated carbocycles. The minimum absolute atomic E-state index is 0.0790. The maximum Gasteiger partial charge on any atom is 0.248 e. The highest BCUT2D eigenvalue weighted by Crippen LogP contribution is 2.61. The molecule has 3 unspecified atom stereocenters. The van der Waals surface area contributed by atoms with Crippen LogP contribution in [-0.2, 0) is 19.1 Å². The molecule has 3 saturated heterocycles. The molecule has 3 aliphatic rings. The van der Waals surface area contributed by atoms with E-state index in [1.54, 1.807) is 26.9 Å². The summed E-state index contributed by atoms with van der Waals surface area (Å²) in [6, 6.07) is 5.71. The van der Waals surface area contributed by atoms with E-state index in [1.807, 2.05) is 45.0 Å². The number of carbonyl (C=O) groups is 3. The number of likely N-dealkylation sites (tertiary alicyclic amines) is 1. The fraction of sp³-hybridized carbons (Fsp3) is 0.629. The van der Waals surface area contributed by atoms with E-state index in [0.717, 1.165) is 19.3 Å². The van der Waals surface area contributed by atoms with Crippen LogP contribution in [0, 0.1) is 17.8 Å². The Labute approximate surface area is 276 Å². The number of fused-ring (bicyclic) bond motifs is 1. The minimum Gasteiger partial charge on any atom is -0.494 e. The van der Waals surface area contributed by atoms with Crippen molar-refractivity contribution < 1.29 is 29.0 Å². The quantitative estimate of drug-likeness (QED) is 0.141. The van der Waals surface area contributed by atoms with Gasteiger partial charge in [0, 0.05) is 30.1 Å². The largest absolute Gasteiger partial charge is 0.494 e. The van der Waals surface area contributed by atoms with E-state index in [9.17, 15) is 19.5 Å². The van der Waals surface area contributed by atoms with E-state index >= 15 is 0 Å². The fourth-order valence-electron chi connectivity index (χ4n) is 7.49. The van der Waals surface area contributed by atoms with Crippen molar-refractivity contribution in [2.24, 2.45) is 17.8 Å². The molecule has 1 aromatic carbocycles. The molecular weight excluding hydrogens is 638 g/mol. The number of hydrogen-bond donors (Lipinski definition) is 1. The number of carbonyl (C=O) groups excluding carboxylic acids is 3. The van der Waals surface area contributed by atoms with Crippen LogP contribution < -0.4 is 9.64 Å². The molecular formula is C35H50BrN3O6. The second kappa shape index (κ2) is 15.3. The second-order valence-electron chi connectivity index (χ2n) is 12.5.